The van der Waals surface area contributed by atoms with Gasteiger partial charge in [0.15, 0.2) is 16.5 Å². The van der Waals surface area contributed by atoms with Gasteiger partial charge in [0, 0.05) is 22.8 Å². The van der Waals surface area contributed by atoms with Crippen molar-refractivity contribution < 1.29 is 9.47 Å². The summed E-state index contributed by atoms with van der Waals surface area (Å²) in [5.74, 6) is 1.48. The number of aromatic nitrogens is 2. The number of methoxy groups -OCH3 is 2. The minimum absolute atomic E-state index is 0.742. The lowest BCUT2D eigenvalue weighted by atomic mass is 10.1. The zero-order valence-electron chi connectivity index (χ0n) is 11.7. The highest BCUT2D eigenvalue weighted by Crippen LogP contribution is 2.36. The van der Waals surface area contributed by atoms with Gasteiger partial charge < -0.3 is 9.47 Å². The molecule has 0 radical (unpaired) electrons. The summed E-state index contributed by atoms with van der Waals surface area (Å²) < 4.78 is 12.8. The maximum atomic E-state index is 5.40. The smallest absolute Gasteiger partial charge is 0.194 e. The number of ether oxygens (including phenoxy) is 2. The molecule has 3 aromatic rings. The predicted molar refractivity (Wildman–Crippen MR) is 81.0 cm³/mol. The Kier molecular flexibility index (Phi) is 3.36. The van der Waals surface area contributed by atoms with E-state index in [9.17, 15) is 0 Å². The van der Waals surface area contributed by atoms with Gasteiger partial charge >= 0.3 is 0 Å². The Bertz CT molecular complexity index is 745. The molecule has 0 atom stereocenters. The van der Waals surface area contributed by atoms with Gasteiger partial charge in [-0.15, -0.1) is 11.3 Å². The lowest BCUT2D eigenvalue weighted by molar-refractivity contribution is 0.355. The molecule has 0 fully saturated rings. The minimum atomic E-state index is 0.742. The van der Waals surface area contributed by atoms with Gasteiger partial charge in [0.05, 0.1) is 19.9 Å². The molecule has 0 unspecified atom stereocenters. The second kappa shape index (κ2) is 5.17. The SMILES string of the molecule is CCc1sc2nccn2c1-c1ccc(OC)c(OC)c1. The van der Waals surface area contributed by atoms with E-state index in [2.05, 4.69) is 22.4 Å². The van der Waals surface area contributed by atoms with Crippen molar-refractivity contribution in [3.05, 3.63) is 35.5 Å². The third-order valence-corrected chi connectivity index (χ3v) is 4.52. The Hall–Kier alpha value is -2.01. The molecule has 0 N–H and O–H groups in total. The highest BCUT2D eigenvalue weighted by Gasteiger charge is 2.15. The molecule has 0 spiro atoms. The molecule has 0 amide bonds. The Morgan fingerprint density at radius 3 is 2.70 bits per heavy atom. The molecular formula is C15H16N2O2S. The van der Waals surface area contributed by atoms with E-state index in [0.717, 1.165) is 28.4 Å². The van der Waals surface area contributed by atoms with Crippen LogP contribution in [-0.4, -0.2) is 23.6 Å². The summed E-state index contributed by atoms with van der Waals surface area (Å²) in [6, 6.07) is 6.01. The molecule has 3 rings (SSSR count). The number of nitrogens with zero attached hydrogens (tertiary/aromatic N) is 2. The van der Waals surface area contributed by atoms with Crippen molar-refractivity contribution in [2.45, 2.75) is 13.3 Å². The van der Waals surface area contributed by atoms with Crippen LogP contribution >= 0.6 is 11.3 Å². The van der Waals surface area contributed by atoms with Gasteiger partial charge in [-0.3, -0.25) is 4.40 Å². The van der Waals surface area contributed by atoms with Crippen LogP contribution in [0.25, 0.3) is 16.2 Å². The first-order valence-corrected chi connectivity index (χ1v) is 7.27. The van der Waals surface area contributed by atoms with Crippen molar-refractivity contribution in [3.63, 3.8) is 0 Å². The average molecular weight is 288 g/mol. The lowest BCUT2D eigenvalue weighted by Gasteiger charge is -2.10. The number of benzene rings is 1. The summed E-state index contributed by atoms with van der Waals surface area (Å²) >= 11 is 1.73. The van der Waals surface area contributed by atoms with E-state index < -0.39 is 0 Å². The normalized spacial score (nSPS) is 10.9. The lowest BCUT2D eigenvalue weighted by Crippen LogP contribution is -1.93. The number of hydrogen-bond acceptors (Lipinski definition) is 4. The van der Waals surface area contributed by atoms with Crippen LogP contribution in [0.4, 0.5) is 0 Å². The van der Waals surface area contributed by atoms with Crippen LogP contribution < -0.4 is 9.47 Å². The summed E-state index contributed by atoms with van der Waals surface area (Å²) in [5, 5.41) is 0. The van der Waals surface area contributed by atoms with Crippen molar-refractivity contribution in [2.75, 3.05) is 14.2 Å². The first-order chi connectivity index (χ1) is 9.78. The summed E-state index contributed by atoms with van der Waals surface area (Å²) in [6.45, 7) is 2.16. The van der Waals surface area contributed by atoms with Gasteiger partial charge in [-0.25, -0.2) is 4.98 Å². The topological polar surface area (TPSA) is 35.8 Å². The average Bonchev–Trinajstić information content (AvgIpc) is 3.06. The Morgan fingerprint density at radius 1 is 1.20 bits per heavy atom. The first kappa shape index (κ1) is 13.0. The highest BCUT2D eigenvalue weighted by molar-refractivity contribution is 7.17. The number of aryl methyl sites for hydroxylation is 1. The predicted octanol–water partition coefficient (Wildman–Crippen LogP) is 3.64. The van der Waals surface area contributed by atoms with Crippen LogP contribution in [-0.2, 0) is 6.42 Å². The van der Waals surface area contributed by atoms with Gasteiger partial charge in [-0.2, -0.15) is 0 Å². The molecule has 4 nitrogen and oxygen atoms in total. The van der Waals surface area contributed by atoms with E-state index in [-0.39, 0.29) is 0 Å². The molecule has 0 bridgehead atoms. The molecule has 104 valence electrons. The van der Waals surface area contributed by atoms with Crippen LogP contribution in [0, 0.1) is 0 Å². The number of hydrogen-bond donors (Lipinski definition) is 0. The fraction of sp³-hybridized carbons (Fsp3) is 0.267. The molecular weight excluding hydrogens is 272 g/mol. The monoisotopic (exact) mass is 288 g/mol. The van der Waals surface area contributed by atoms with Crippen LogP contribution in [0.2, 0.25) is 0 Å². The number of thiazole rings is 1. The Balaban J connectivity index is 2.21. The van der Waals surface area contributed by atoms with Gasteiger partial charge in [0.2, 0.25) is 0 Å². The molecule has 0 aliphatic heterocycles. The molecule has 1 aromatic carbocycles. The van der Waals surface area contributed by atoms with E-state index >= 15 is 0 Å². The molecule has 5 heteroatoms. The fourth-order valence-electron chi connectivity index (χ4n) is 2.35. The second-order valence-electron chi connectivity index (χ2n) is 4.38. The van der Waals surface area contributed by atoms with E-state index in [0.29, 0.717) is 0 Å². The maximum Gasteiger partial charge on any atom is 0.194 e. The van der Waals surface area contributed by atoms with Crippen molar-refractivity contribution in [1.29, 1.82) is 0 Å². The fourth-order valence-corrected chi connectivity index (χ4v) is 3.39. The zero-order chi connectivity index (χ0) is 14.1. The third-order valence-electron chi connectivity index (χ3n) is 3.30. The summed E-state index contributed by atoms with van der Waals surface area (Å²) in [7, 11) is 3.30. The second-order valence-corrected chi connectivity index (χ2v) is 5.44. The van der Waals surface area contributed by atoms with Crippen LogP contribution in [0.1, 0.15) is 11.8 Å². The molecule has 0 aliphatic rings. The quantitative estimate of drug-likeness (QED) is 0.735. The van der Waals surface area contributed by atoms with Crippen molar-refractivity contribution in [1.82, 2.24) is 9.38 Å². The molecule has 0 saturated carbocycles. The number of imidazole rings is 1. The molecule has 2 heterocycles. The number of rotatable bonds is 4. The van der Waals surface area contributed by atoms with Gasteiger partial charge in [-0.05, 0) is 24.6 Å². The third kappa shape index (κ3) is 1.94. The van der Waals surface area contributed by atoms with Crippen molar-refractivity contribution >= 4 is 16.3 Å². The molecule has 20 heavy (non-hydrogen) atoms. The minimum Gasteiger partial charge on any atom is -0.493 e. The molecule has 0 aliphatic carbocycles. The standard InChI is InChI=1S/C15H16N2O2S/c1-4-13-14(17-8-7-16-15(17)20-13)10-5-6-11(18-2)12(9-10)19-3/h5-9H,4H2,1-3H3. The van der Waals surface area contributed by atoms with E-state index in [4.69, 9.17) is 9.47 Å². The summed E-state index contributed by atoms with van der Waals surface area (Å²) in [5.41, 5.74) is 2.30. The van der Waals surface area contributed by atoms with E-state index in [1.807, 2.05) is 24.5 Å². The van der Waals surface area contributed by atoms with E-state index in [1.165, 1.54) is 10.6 Å². The summed E-state index contributed by atoms with van der Waals surface area (Å²) in [4.78, 5) is 6.72. The van der Waals surface area contributed by atoms with E-state index in [1.54, 1.807) is 25.6 Å². The van der Waals surface area contributed by atoms with Gasteiger partial charge in [0.25, 0.3) is 0 Å². The van der Waals surface area contributed by atoms with Gasteiger partial charge in [-0.1, -0.05) is 6.92 Å². The van der Waals surface area contributed by atoms with Crippen LogP contribution in [0.3, 0.4) is 0 Å². The van der Waals surface area contributed by atoms with Crippen molar-refractivity contribution in [3.8, 4) is 22.8 Å². The Morgan fingerprint density at radius 2 is 2.00 bits per heavy atom. The zero-order valence-corrected chi connectivity index (χ0v) is 12.5. The van der Waals surface area contributed by atoms with Crippen molar-refractivity contribution in [2.24, 2.45) is 0 Å². The molecule has 2 aromatic heterocycles. The summed E-state index contributed by atoms with van der Waals surface area (Å²) in [6.07, 6.45) is 4.81. The maximum absolute atomic E-state index is 5.40. The largest absolute Gasteiger partial charge is 0.493 e. The Labute approximate surface area is 121 Å². The van der Waals surface area contributed by atoms with Gasteiger partial charge in [0.1, 0.15) is 0 Å². The molecule has 0 saturated heterocycles. The van der Waals surface area contributed by atoms with Crippen LogP contribution in [0.15, 0.2) is 30.6 Å². The first-order valence-electron chi connectivity index (χ1n) is 6.45. The van der Waals surface area contributed by atoms with Crippen LogP contribution in [0.5, 0.6) is 11.5 Å². The number of fused-ring (bicyclic) bond motifs is 1. The highest BCUT2D eigenvalue weighted by atomic mass is 32.1.